The number of benzene rings is 3. The lowest BCUT2D eigenvalue weighted by atomic mass is 10.00. The zero-order chi connectivity index (χ0) is 17.2. The third-order valence-electron chi connectivity index (χ3n) is 4.12. The van der Waals surface area contributed by atoms with Gasteiger partial charge in [0.25, 0.3) is 0 Å². The van der Waals surface area contributed by atoms with E-state index >= 15 is 0 Å². The molecule has 3 nitrogen and oxygen atoms in total. The second-order valence-corrected chi connectivity index (χ2v) is 6.95. The molecule has 1 N–H and O–H groups in total. The van der Waals surface area contributed by atoms with E-state index in [0.29, 0.717) is 11.1 Å². The van der Waals surface area contributed by atoms with Crippen molar-refractivity contribution in [2.75, 3.05) is 5.32 Å². The van der Waals surface area contributed by atoms with Gasteiger partial charge >= 0.3 is 0 Å². The number of hydrogen-bond acceptors (Lipinski definition) is 3. The number of fused-ring (bicyclic) bond motifs is 1. The molecule has 1 heterocycles. The maximum atomic E-state index is 12.7. The average molecular weight is 345 g/mol. The number of anilines is 1. The molecule has 0 bridgehead atoms. The van der Waals surface area contributed by atoms with Crippen molar-refractivity contribution in [3.8, 4) is 0 Å². The Balaban J connectivity index is 1.66. The molecule has 1 aliphatic heterocycles. The van der Waals surface area contributed by atoms with Crippen LogP contribution in [-0.2, 0) is 4.79 Å². The molecule has 1 aliphatic rings. The number of ketones is 1. The van der Waals surface area contributed by atoms with Gasteiger partial charge in [0.2, 0.25) is 5.91 Å². The number of nitrogens with one attached hydrogen (secondary N) is 1. The maximum absolute atomic E-state index is 12.7. The smallest absolute Gasteiger partial charge is 0.242 e. The van der Waals surface area contributed by atoms with Gasteiger partial charge in [-0.1, -0.05) is 60.7 Å². The highest BCUT2D eigenvalue weighted by Gasteiger charge is 2.28. The molecular weight excluding hydrogens is 330 g/mol. The predicted octanol–water partition coefficient (Wildman–Crippen LogP) is 4.70. The monoisotopic (exact) mass is 345 g/mol. The van der Waals surface area contributed by atoms with Crippen molar-refractivity contribution in [1.29, 1.82) is 0 Å². The van der Waals surface area contributed by atoms with Gasteiger partial charge in [-0.2, -0.15) is 0 Å². The molecular formula is C21H15NO2S. The zero-order valence-corrected chi connectivity index (χ0v) is 14.1. The van der Waals surface area contributed by atoms with Crippen LogP contribution in [0.15, 0.2) is 83.8 Å². The summed E-state index contributed by atoms with van der Waals surface area (Å²) in [4.78, 5) is 26.2. The lowest BCUT2D eigenvalue weighted by Gasteiger charge is -2.24. The van der Waals surface area contributed by atoms with Crippen LogP contribution in [0.3, 0.4) is 0 Å². The number of rotatable bonds is 3. The second kappa shape index (κ2) is 6.57. The minimum absolute atomic E-state index is 0.0379. The number of para-hydroxylation sites is 1. The van der Waals surface area contributed by atoms with Crippen LogP contribution >= 0.6 is 11.8 Å². The van der Waals surface area contributed by atoms with E-state index in [1.165, 1.54) is 11.8 Å². The summed E-state index contributed by atoms with van der Waals surface area (Å²) in [7, 11) is 0. The Morgan fingerprint density at radius 1 is 0.840 bits per heavy atom. The Morgan fingerprint density at radius 3 is 2.40 bits per heavy atom. The Hall–Kier alpha value is -2.85. The average Bonchev–Trinajstić information content (AvgIpc) is 2.67. The van der Waals surface area contributed by atoms with E-state index in [0.717, 1.165) is 16.1 Å². The largest absolute Gasteiger partial charge is 0.324 e. The predicted molar refractivity (Wildman–Crippen MR) is 100.0 cm³/mol. The van der Waals surface area contributed by atoms with Crippen LogP contribution in [0.5, 0.6) is 0 Å². The van der Waals surface area contributed by atoms with Gasteiger partial charge in [-0.05, 0) is 23.8 Å². The van der Waals surface area contributed by atoms with Gasteiger partial charge < -0.3 is 5.32 Å². The van der Waals surface area contributed by atoms with Crippen molar-refractivity contribution in [2.45, 2.75) is 10.1 Å². The molecule has 1 unspecified atom stereocenters. The van der Waals surface area contributed by atoms with Crippen LogP contribution in [0, 0.1) is 0 Å². The van der Waals surface area contributed by atoms with E-state index in [-0.39, 0.29) is 16.9 Å². The second-order valence-electron chi connectivity index (χ2n) is 5.80. The quantitative estimate of drug-likeness (QED) is 0.700. The number of amides is 1. The van der Waals surface area contributed by atoms with Crippen LogP contribution < -0.4 is 5.32 Å². The van der Waals surface area contributed by atoms with Gasteiger partial charge in [0.05, 0.1) is 5.69 Å². The summed E-state index contributed by atoms with van der Waals surface area (Å²) in [6, 6.07) is 24.3. The highest BCUT2D eigenvalue weighted by Crippen LogP contribution is 2.43. The Labute approximate surface area is 150 Å². The fourth-order valence-electron chi connectivity index (χ4n) is 2.87. The first kappa shape index (κ1) is 15.7. The first-order valence-electron chi connectivity index (χ1n) is 7.98. The fraction of sp³-hybridized carbons (Fsp3) is 0.0476. The van der Waals surface area contributed by atoms with Crippen molar-refractivity contribution >= 4 is 29.1 Å². The molecule has 3 aromatic rings. The third kappa shape index (κ3) is 3.08. The fourth-order valence-corrected chi connectivity index (χ4v) is 3.98. The summed E-state index contributed by atoms with van der Waals surface area (Å²) in [6.07, 6.45) is 0. The lowest BCUT2D eigenvalue weighted by Crippen LogP contribution is -2.23. The van der Waals surface area contributed by atoms with Crippen LogP contribution in [0.4, 0.5) is 5.69 Å². The molecule has 25 heavy (non-hydrogen) atoms. The minimum Gasteiger partial charge on any atom is -0.324 e. The highest BCUT2D eigenvalue weighted by atomic mass is 32.2. The van der Waals surface area contributed by atoms with Crippen LogP contribution in [0.1, 0.15) is 26.7 Å². The Bertz CT molecular complexity index is 953. The molecule has 0 aliphatic carbocycles. The summed E-state index contributed by atoms with van der Waals surface area (Å²) >= 11 is 1.51. The SMILES string of the molecule is O=C(c1ccccc1)c1cccc(C2Sc3ccccc3NC2=O)c1. The van der Waals surface area contributed by atoms with Crippen molar-refractivity contribution in [1.82, 2.24) is 0 Å². The molecule has 4 rings (SSSR count). The lowest BCUT2D eigenvalue weighted by molar-refractivity contribution is -0.115. The molecule has 1 amide bonds. The van der Waals surface area contributed by atoms with E-state index in [4.69, 9.17) is 0 Å². The van der Waals surface area contributed by atoms with Gasteiger partial charge in [0.1, 0.15) is 5.25 Å². The van der Waals surface area contributed by atoms with Gasteiger partial charge in [-0.3, -0.25) is 9.59 Å². The molecule has 1 atom stereocenters. The number of hydrogen-bond donors (Lipinski definition) is 1. The van der Waals surface area contributed by atoms with Crippen LogP contribution in [0.25, 0.3) is 0 Å². The molecule has 0 fully saturated rings. The summed E-state index contributed by atoms with van der Waals surface area (Å²) < 4.78 is 0. The van der Waals surface area contributed by atoms with Gasteiger partial charge in [-0.25, -0.2) is 0 Å². The van der Waals surface area contributed by atoms with Crippen LogP contribution in [-0.4, -0.2) is 11.7 Å². The van der Waals surface area contributed by atoms with E-state index in [1.54, 1.807) is 18.2 Å². The van der Waals surface area contributed by atoms with E-state index in [9.17, 15) is 9.59 Å². The zero-order valence-electron chi connectivity index (χ0n) is 13.3. The molecule has 0 aromatic heterocycles. The van der Waals surface area contributed by atoms with Gasteiger partial charge in [0, 0.05) is 16.0 Å². The Morgan fingerprint density at radius 2 is 1.56 bits per heavy atom. The van der Waals surface area contributed by atoms with E-state index in [1.807, 2.05) is 60.7 Å². The topological polar surface area (TPSA) is 46.2 Å². The number of carbonyl (C=O) groups excluding carboxylic acids is 2. The Kier molecular flexibility index (Phi) is 4.12. The molecule has 4 heteroatoms. The summed E-state index contributed by atoms with van der Waals surface area (Å²) in [5.74, 6) is -0.0999. The molecule has 0 spiro atoms. The van der Waals surface area contributed by atoms with E-state index < -0.39 is 0 Å². The van der Waals surface area contributed by atoms with Gasteiger partial charge in [0.15, 0.2) is 5.78 Å². The maximum Gasteiger partial charge on any atom is 0.242 e. The summed E-state index contributed by atoms with van der Waals surface area (Å²) in [6.45, 7) is 0. The summed E-state index contributed by atoms with van der Waals surface area (Å²) in [5.41, 5.74) is 2.91. The molecule has 0 saturated carbocycles. The van der Waals surface area contributed by atoms with Gasteiger partial charge in [-0.15, -0.1) is 11.8 Å². The molecule has 3 aromatic carbocycles. The minimum atomic E-state index is -0.363. The van der Waals surface area contributed by atoms with Crippen LogP contribution in [0.2, 0.25) is 0 Å². The normalized spacial score (nSPS) is 16.0. The highest BCUT2D eigenvalue weighted by molar-refractivity contribution is 8.00. The first-order chi connectivity index (χ1) is 12.2. The molecule has 0 radical (unpaired) electrons. The third-order valence-corrected chi connectivity index (χ3v) is 5.45. The standard InChI is InChI=1S/C21H15NO2S/c23-19(14-7-2-1-3-8-14)15-9-6-10-16(13-15)20-21(24)22-17-11-4-5-12-18(17)25-20/h1-13,20H,(H,22,24). The van der Waals surface area contributed by atoms with E-state index in [2.05, 4.69) is 5.32 Å². The molecule has 122 valence electrons. The van der Waals surface area contributed by atoms with Crippen molar-refractivity contribution in [2.24, 2.45) is 0 Å². The summed E-state index contributed by atoms with van der Waals surface area (Å²) in [5, 5.41) is 2.58. The van der Waals surface area contributed by atoms with Crippen molar-refractivity contribution in [3.05, 3.63) is 95.6 Å². The number of carbonyl (C=O) groups is 2. The molecule has 0 saturated heterocycles. The van der Waals surface area contributed by atoms with Crippen molar-refractivity contribution < 1.29 is 9.59 Å². The van der Waals surface area contributed by atoms with Crippen molar-refractivity contribution in [3.63, 3.8) is 0 Å². The number of thioether (sulfide) groups is 1. The first-order valence-corrected chi connectivity index (χ1v) is 8.86.